The normalized spacial score (nSPS) is 10.0. The molecule has 0 fully saturated rings. The van der Waals surface area contributed by atoms with E-state index >= 15 is 0 Å². The molecule has 0 saturated carbocycles. The first-order valence-corrected chi connectivity index (χ1v) is 5.81. The van der Waals surface area contributed by atoms with Crippen LogP contribution in [-0.4, -0.2) is 6.03 Å². The molecule has 98 valence electrons. The summed E-state index contributed by atoms with van der Waals surface area (Å²) in [6.45, 7) is 0. The van der Waals surface area contributed by atoms with Gasteiger partial charge < -0.3 is 16.4 Å². The summed E-state index contributed by atoms with van der Waals surface area (Å²) in [5.41, 5.74) is 6.87. The molecule has 0 aromatic heterocycles. The maximum Gasteiger partial charge on any atom is 0.323 e. The van der Waals surface area contributed by atoms with E-state index in [4.69, 9.17) is 17.3 Å². The molecule has 0 aliphatic carbocycles. The molecule has 0 aliphatic heterocycles. The van der Waals surface area contributed by atoms with Gasteiger partial charge in [-0.15, -0.1) is 0 Å². The zero-order valence-corrected chi connectivity index (χ0v) is 10.5. The fraction of sp³-hybridized carbons (Fsp3) is 0. The second-order valence-corrected chi connectivity index (χ2v) is 4.20. The van der Waals surface area contributed by atoms with Gasteiger partial charge in [0.15, 0.2) is 0 Å². The minimum Gasteiger partial charge on any atom is -0.397 e. The molecule has 0 radical (unpaired) electrons. The molecule has 4 nitrogen and oxygen atoms in total. The van der Waals surface area contributed by atoms with Crippen molar-refractivity contribution in [1.82, 2.24) is 0 Å². The summed E-state index contributed by atoms with van der Waals surface area (Å²) in [5.74, 6) is -0.374. The van der Waals surface area contributed by atoms with Gasteiger partial charge in [0.05, 0.1) is 16.4 Å². The van der Waals surface area contributed by atoms with Crippen molar-refractivity contribution in [3.63, 3.8) is 0 Å². The number of para-hydroxylation sites is 1. The number of carbonyl (C=O) groups is 1. The standard InChI is InChI=1S/C13H11ClFN3O/c14-10-2-1-3-11(16)12(10)18-13(19)17-9-6-4-8(15)5-7-9/h1-7H,16H2,(H2,17,18,19). The monoisotopic (exact) mass is 279 g/mol. The Morgan fingerprint density at radius 3 is 2.42 bits per heavy atom. The van der Waals surface area contributed by atoms with Gasteiger partial charge in [0.1, 0.15) is 5.82 Å². The van der Waals surface area contributed by atoms with Crippen LogP contribution >= 0.6 is 11.6 Å². The Kier molecular flexibility index (Phi) is 3.87. The fourth-order valence-electron chi connectivity index (χ4n) is 1.48. The Bertz CT molecular complexity index is 581. The van der Waals surface area contributed by atoms with Gasteiger partial charge in [-0.05, 0) is 36.4 Å². The summed E-state index contributed by atoms with van der Waals surface area (Å²) >= 11 is 5.93. The minimum atomic E-state index is -0.508. The largest absolute Gasteiger partial charge is 0.397 e. The predicted octanol–water partition coefficient (Wildman–Crippen LogP) is 3.71. The molecule has 0 atom stereocenters. The van der Waals surface area contributed by atoms with Crippen LogP contribution in [0.25, 0.3) is 0 Å². The number of amides is 2. The van der Waals surface area contributed by atoms with E-state index in [0.717, 1.165) is 0 Å². The SMILES string of the molecule is Nc1cccc(Cl)c1NC(=O)Nc1ccc(F)cc1. The third kappa shape index (κ3) is 3.35. The van der Waals surface area contributed by atoms with Crippen LogP contribution in [0.5, 0.6) is 0 Å². The van der Waals surface area contributed by atoms with Gasteiger partial charge in [-0.3, -0.25) is 0 Å². The zero-order valence-electron chi connectivity index (χ0n) is 9.78. The number of anilines is 3. The van der Waals surface area contributed by atoms with Crippen molar-refractivity contribution in [2.24, 2.45) is 0 Å². The molecule has 2 aromatic carbocycles. The number of halogens is 2. The number of nitrogens with one attached hydrogen (secondary N) is 2. The van der Waals surface area contributed by atoms with E-state index in [9.17, 15) is 9.18 Å². The van der Waals surface area contributed by atoms with Crippen molar-refractivity contribution < 1.29 is 9.18 Å². The Balaban J connectivity index is 2.07. The molecule has 2 rings (SSSR count). The van der Waals surface area contributed by atoms with Crippen LogP contribution in [0.4, 0.5) is 26.2 Å². The molecular weight excluding hydrogens is 269 g/mol. The van der Waals surface area contributed by atoms with Crippen LogP contribution in [0, 0.1) is 5.82 Å². The Morgan fingerprint density at radius 1 is 1.11 bits per heavy atom. The van der Waals surface area contributed by atoms with E-state index in [-0.39, 0.29) is 5.82 Å². The maximum absolute atomic E-state index is 12.7. The molecule has 0 aliphatic rings. The van der Waals surface area contributed by atoms with Crippen molar-refractivity contribution in [1.29, 1.82) is 0 Å². The van der Waals surface area contributed by atoms with Crippen molar-refractivity contribution in [3.05, 3.63) is 53.3 Å². The van der Waals surface area contributed by atoms with Crippen molar-refractivity contribution in [3.8, 4) is 0 Å². The first kappa shape index (κ1) is 13.2. The highest BCUT2D eigenvalue weighted by Gasteiger charge is 2.08. The van der Waals surface area contributed by atoms with Crippen molar-refractivity contribution in [2.75, 3.05) is 16.4 Å². The van der Waals surface area contributed by atoms with Gasteiger partial charge in [-0.1, -0.05) is 17.7 Å². The van der Waals surface area contributed by atoms with Gasteiger partial charge in [-0.2, -0.15) is 0 Å². The van der Waals surface area contributed by atoms with E-state index in [2.05, 4.69) is 10.6 Å². The van der Waals surface area contributed by atoms with Crippen molar-refractivity contribution in [2.45, 2.75) is 0 Å². The average molecular weight is 280 g/mol. The van der Waals surface area contributed by atoms with Gasteiger partial charge >= 0.3 is 6.03 Å². The van der Waals surface area contributed by atoms with Crippen LogP contribution < -0.4 is 16.4 Å². The van der Waals surface area contributed by atoms with Crippen LogP contribution in [0.2, 0.25) is 5.02 Å². The number of rotatable bonds is 2. The predicted molar refractivity (Wildman–Crippen MR) is 74.9 cm³/mol. The number of urea groups is 1. The van der Waals surface area contributed by atoms with E-state index in [1.54, 1.807) is 18.2 Å². The Labute approximate surface area is 114 Å². The molecular formula is C13H11ClFN3O. The highest BCUT2D eigenvalue weighted by molar-refractivity contribution is 6.34. The molecule has 19 heavy (non-hydrogen) atoms. The third-order valence-electron chi connectivity index (χ3n) is 2.39. The van der Waals surface area contributed by atoms with E-state index in [1.165, 1.54) is 24.3 Å². The summed E-state index contributed by atoms with van der Waals surface area (Å²) in [7, 11) is 0. The Hall–Kier alpha value is -2.27. The van der Waals surface area contributed by atoms with E-state index in [0.29, 0.717) is 22.1 Å². The van der Waals surface area contributed by atoms with Crippen LogP contribution in [0.1, 0.15) is 0 Å². The molecule has 0 saturated heterocycles. The quantitative estimate of drug-likeness (QED) is 0.734. The Morgan fingerprint density at radius 2 is 1.79 bits per heavy atom. The summed E-state index contributed by atoms with van der Waals surface area (Å²) in [6.07, 6.45) is 0. The molecule has 4 N–H and O–H groups in total. The summed E-state index contributed by atoms with van der Waals surface area (Å²) < 4.78 is 12.7. The van der Waals surface area contributed by atoms with E-state index in [1.807, 2.05) is 0 Å². The van der Waals surface area contributed by atoms with Crippen molar-refractivity contribution >= 4 is 34.7 Å². The lowest BCUT2D eigenvalue weighted by molar-refractivity contribution is 0.262. The topological polar surface area (TPSA) is 67.1 Å². The van der Waals surface area contributed by atoms with E-state index < -0.39 is 6.03 Å². The summed E-state index contributed by atoms with van der Waals surface area (Å²) in [5, 5.41) is 5.42. The van der Waals surface area contributed by atoms with Crippen LogP contribution in [-0.2, 0) is 0 Å². The highest BCUT2D eigenvalue weighted by atomic mass is 35.5. The van der Waals surface area contributed by atoms with Crippen LogP contribution in [0.15, 0.2) is 42.5 Å². The molecule has 0 spiro atoms. The molecule has 2 aromatic rings. The second kappa shape index (κ2) is 5.58. The average Bonchev–Trinajstić information content (AvgIpc) is 2.37. The number of hydrogen-bond acceptors (Lipinski definition) is 2. The fourth-order valence-corrected chi connectivity index (χ4v) is 1.71. The van der Waals surface area contributed by atoms with Gasteiger partial charge in [0, 0.05) is 5.69 Å². The first-order valence-electron chi connectivity index (χ1n) is 5.44. The second-order valence-electron chi connectivity index (χ2n) is 3.79. The molecule has 2 amide bonds. The molecule has 0 bridgehead atoms. The lowest BCUT2D eigenvalue weighted by atomic mass is 10.2. The number of hydrogen-bond donors (Lipinski definition) is 3. The minimum absolute atomic E-state index is 0.337. The lowest BCUT2D eigenvalue weighted by Crippen LogP contribution is -2.20. The smallest absolute Gasteiger partial charge is 0.323 e. The number of carbonyl (C=O) groups excluding carboxylic acids is 1. The summed E-state index contributed by atoms with van der Waals surface area (Å²) in [4.78, 5) is 11.7. The summed E-state index contributed by atoms with van der Waals surface area (Å²) in [6, 6.07) is 9.81. The number of benzene rings is 2. The van der Waals surface area contributed by atoms with Gasteiger partial charge in [0.25, 0.3) is 0 Å². The highest BCUT2D eigenvalue weighted by Crippen LogP contribution is 2.27. The lowest BCUT2D eigenvalue weighted by Gasteiger charge is -2.11. The van der Waals surface area contributed by atoms with Gasteiger partial charge in [-0.25, -0.2) is 9.18 Å². The van der Waals surface area contributed by atoms with Crippen LogP contribution in [0.3, 0.4) is 0 Å². The molecule has 0 heterocycles. The number of nitrogen functional groups attached to an aromatic ring is 1. The third-order valence-corrected chi connectivity index (χ3v) is 2.70. The van der Waals surface area contributed by atoms with Gasteiger partial charge in [0.2, 0.25) is 0 Å². The molecule has 6 heteroatoms. The number of nitrogens with two attached hydrogens (primary N) is 1. The molecule has 0 unspecified atom stereocenters. The maximum atomic E-state index is 12.7. The zero-order chi connectivity index (χ0) is 13.8. The first-order chi connectivity index (χ1) is 9.06.